The summed E-state index contributed by atoms with van der Waals surface area (Å²) in [5.74, 6) is -0.912. The average molecular weight is 996 g/mol. The van der Waals surface area contributed by atoms with E-state index >= 15 is 0 Å². The van der Waals surface area contributed by atoms with Gasteiger partial charge in [0.05, 0.1) is 11.1 Å². The Hall–Kier alpha value is -1.95. The standard InChI is InChI=1S/C18H22ClF3NO4PS.C15H18ClNO3.C3H5ClF3OPS.CH4/c1-10-7-12(19)8-11(2)13(10)14-15(17(3,4)27-23(5)16(14)24)26-28(6,29)25-9-18(20,21)22;1-8-6-10(16)7-9(2)11(8)12-13(18)15(3,4)20-17(5)14(12)19;1-9(4,10)8-2-3(5,6)7;/h7-8H,9H2,1-6H3;6-7,18H,1-5H3;2H2,1H3;1H4. The molecule has 2 atom stereocenters. The smallest absolute Gasteiger partial charge is 0.412 e. The number of hydrogen-bond acceptors (Lipinski definition) is 10. The fraction of sp³-hybridized carbons (Fsp3) is 0.514. The van der Waals surface area contributed by atoms with Crippen molar-refractivity contribution in [2.45, 2.75) is 86.4 Å². The molecule has 4 rings (SSSR count). The maximum Gasteiger partial charge on any atom is 0.412 e. The van der Waals surface area contributed by atoms with Crippen LogP contribution in [-0.2, 0) is 56.4 Å². The van der Waals surface area contributed by atoms with Crippen molar-refractivity contribution in [3.8, 4) is 0 Å². The highest BCUT2D eigenvalue weighted by molar-refractivity contribution is 8.24. The van der Waals surface area contributed by atoms with Crippen molar-refractivity contribution >= 4 is 93.1 Å². The van der Waals surface area contributed by atoms with E-state index in [-0.39, 0.29) is 36.0 Å². The van der Waals surface area contributed by atoms with E-state index in [0.717, 1.165) is 21.3 Å². The van der Waals surface area contributed by atoms with Crippen LogP contribution in [0, 0.1) is 27.7 Å². The minimum Gasteiger partial charge on any atom is -0.508 e. The molecule has 0 aliphatic carbocycles. The molecule has 0 fully saturated rings. The Bertz CT molecular complexity index is 2060. The van der Waals surface area contributed by atoms with Crippen molar-refractivity contribution in [3.63, 3.8) is 0 Å². The minimum atomic E-state index is -4.56. The number of hydroxylamine groups is 4. The molecule has 0 aromatic heterocycles. The minimum absolute atomic E-state index is 0. The molecule has 23 heteroatoms. The van der Waals surface area contributed by atoms with Crippen LogP contribution in [0.15, 0.2) is 35.8 Å². The van der Waals surface area contributed by atoms with Crippen molar-refractivity contribution in [1.82, 2.24) is 10.1 Å². The number of rotatable bonds is 8. The van der Waals surface area contributed by atoms with Gasteiger partial charge in [-0.15, -0.1) is 0 Å². The number of amides is 2. The van der Waals surface area contributed by atoms with Crippen LogP contribution in [0.25, 0.3) is 11.1 Å². The fourth-order valence-electron chi connectivity index (χ4n) is 5.75. The summed E-state index contributed by atoms with van der Waals surface area (Å²) in [6.07, 6.45) is -8.90. The number of carbonyl (C=O) groups is 2. The van der Waals surface area contributed by atoms with E-state index in [0.29, 0.717) is 32.3 Å². The number of aryl methyl sites for hydroxylation is 4. The van der Waals surface area contributed by atoms with Crippen LogP contribution in [0.1, 0.15) is 68.5 Å². The number of benzene rings is 2. The van der Waals surface area contributed by atoms with Gasteiger partial charge in [-0.05, 0) is 125 Å². The van der Waals surface area contributed by atoms with Gasteiger partial charge in [0, 0.05) is 37.5 Å². The maximum atomic E-state index is 13.0. The Morgan fingerprint density at radius 2 is 1.05 bits per heavy atom. The van der Waals surface area contributed by atoms with Crippen molar-refractivity contribution in [2.75, 3.05) is 40.6 Å². The average Bonchev–Trinajstić information content (AvgIpc) is 3.02. The van der Waals surface area contributed by atoms with Crippen LogP contribution in [0.4, 0.5) is 26.3 Å². The Kier molecular flexibility index (Phi) is 19.3. The number of halogens is 9. The number of hydrogen-bond donors (Lipinski definition) is 1. The quantitative estimate of drug-likeness (QED) is 0.203. The molecule has 2 amide bonds. The largest absolute Gasteiger partial charge is 0.508 e. The Labute approximate surface area is 372 Å². The molecule has 2 heterocycles. The first-order valence-electron chi connectivity index (χ1n) is 17.0. The molecule has 0 saturated carbocycles. The van der Waals surface area contributed by atoms with Crippen molar-refractivity contribution in [3.05, 3.63) is 79.2 Å². The number of carbonyl (C=O) groups excluding carboxylic acids is 2. The van der Waals surface area contributed by atoms with E-state index in [1.165, 1.54) is 27.4 Å². The van der Waals surface area contributed by atoms with E-state index in [1.54, 1.807) is 65.8 Å². The molecule has 0 radical (unpaired) electrons. The van der Waals surface area contributed by atoms with E-state index in [1.807, 2.05) is 13.8 Å². The third kappa shape index (κ3) is 16.0. The van der Waals surface area contributed by atoms with Gasteiger partial charge in [0.2, 0.25) is 6.49 Å². The highest BCUT2D eigenvalue weighted by Gasteiger charge is 2.45. The molecule has 2 unspecified atom stereocenters. The van der Waals surface area contributed by atoms with Crippen LogP contribution in [0.3, 0.4) is 0 Å². The molecule has 10 nitrogen and oxygen atoms in total. The zero-order chi connectivity index (χ0) is 46.0. The number of aliphatic hydroxyl groups excluding tert-OH is 1. The van der Waals surface area contributed by atoms with Crippen LogP contribution in [0.2, 0.25) is 10.0 Å². The lowest BCUT2D eigenvalue weighted by Crippen LogP contribution is -2.45. The summed E-state index contributed by atoms with van der Waals surface area (Å²) >= 11 is 27.0. The topological polar surface area (TPSA) is 107 Å². The first-order chi connectivity index (χ1) is 26.4. The van der Waals surface area contributed by atoms with E-state index < -0.39 is 54.8 Å². The van der Waals surface area contributed by atoms with Crippen LogP contribution in [-0.4, -0.2) is 91.2 Å². The predicted octanol–water partition coefficient (Wildman–Crippen LogP) is 12.2. The summed E-state index contributed by atoms with van der Waals surface area (Å²) in [6.45, 7) is 10.2. The van der Waals surface area contributed by atoms with E-state index in [9.17, 15) is 41.0 Å². The lowest BCUT2D eigenvalue weighted by molar-refractivity contribution is -0.218. The molecule has 2 aliphatic heterocycles. The Morgan fingerprint density at radius 1 is 0.717 bits per heavy atom. The van der Waals surface area contributed by atoms with E-state index in [4.69, 9.17) is 65.0 Å². The third-order valence-electron chi connectivity index (χ3n) is 7.98. The maximum absolute atomic E-state index is 13.0. The highest BCUT2D eigenvalue weighted by atomic mass is 35.7. The predicted molar refractivity (Wildman–Crippen MR) is 232 cm³/mol. The zero-order valence-corrected chi connectivity index (χ0v) is 39.7. The van der Waals surface area contributed by atoms with Crippen molar-refractivity contribution in [2.24, 2.45) is 0 Å². The first kappa shape index (κ1) is 56.1. The van der Waals surface area contributed by atoms with Crippen LogP contribution in [0.5, 0.6) is 0 Å². The zero-order valence-electron chi connectivity index (χ0n) is 34.0. The molecule has 0 bridgehead atoms. The summed E-state index contributed by atoms with van der Waals surface area (Å²) in [4.78, 5) is 36.4. The Morgan fingerprint density at radius 3 is 1.40 bits per heavy atom. The van der Waals surface area contributed by atoms with Gasteiger partial charge in [-0.2, -0.15) is 26.3 Å². The second-order valence-corrected chi connectivity index (χ2v) is 25.7. The van der Waals surface area contributed by atoms with Crippen molar-refractivity contribution in [1.29, 1.82) is 0 Å². The van der Waals surface area contributed by atoms with Gasteiger partial charge in [-0.25, -0.2) is 10.1 Å². The highest BCUT2D eigenvalue weighted by Crippen LogP contribution is 2.53. The molecule has 2 aromatic carbocycles. The number of likely N-dealkylation sites (N-methyl/N-ethyl adjacent to an activating group) is 2. The molecule has 1 N–H and O–H groups in total. The molecule has 2 aliphatic rings. The lowest BCUT2D eigenvalue weighted by atomic mass is 9.89. The summed E-state index contributed by atoms with van der Waals surface area (Å²) in [5.41, 5.74) is -0.0241. The van der Waals surface area contributed by atoms with Gasteiger partial charge >= 0.3 is 12.4 Å². The van der Waals surface area contributed by atoms with Crippen molar-refractivity contribution < 1.29 is 64.3 Å². The summed E-state index contributed by atoms with van der Waals surface area (Å²) in [7, 11) is 2.99. The number of alkyl halides is 6. The van der Waals surface area contributed by atoms with Gasteiger partial charge in [0.25, 0.3) is 11.8 Å². The number of aliphatic hydroxyl groups is 1. The van der Waals surface area contributed by atoms with Gasteiger partial charge < -0.3 is 18.7 Å². The monoisotopic (exact) mass is 994 g/mol. The van der Waals surface area contributed by atoms with Crippen LogP contribution < -0.4 is 0 Å². The molecule has 2 aromatic rings. The summed E-state index contributed by atoms with van der Waals surface area (Å²) < 4.78 is 86.7. The molecular formula is C37H49Cl3F6N2O8P2S2. The molecule has 340 valence electrons. The third-order valence-corrected chi connectivity index (χ3v) is 11.3. The van der Waals surface area contributed by atoms with Gasteiger partial charge in [0.15, 0.2) is 12.4 Å². The Balaban J connectivity index is 0.000000502. The van der Waals surface area contributed by atoms with E-state index in [2.05, 4.69) is 16.3 Å². The normalized spacial score (nSPS) is 18.7. The van der Waals surface area contributed by atoms with Gasteiger partial charge in [-0.3, -0.25) is 19.3 Å². The summed E-state index contributed by atoms with van der Waals surface area (Å²) in [5, 5.41) is 13.7. The second-order valence-electron chi connectivity index (χ2n) is 14.5. The van der Waals surface area contributed by atoms with Gasteiger partial charge in [0.1, 0.15) is 29.2 Å². The SMILES string of the molecule is C.CP(=S)(Cl)OCC(F)(F)F.Cc1cc(Cl)cc(C)c1C1=C(O)C(C)(C)ON(C)C1=O.Cc1cc(Cl)cc(C)c1C1=C(OP(C)(=S)OCC(F)(F)F)C(C)(C)ON(C)C1=O. The van der Waals surface area contributed by atoms with Crippen LogP contribution >= 0.6 is 46.6 Å². The van der Waals surface area contributed by atoms with Gasteiger partial charge in [-0.1, -0.05) is 53.7 Å². The lowest BCUT2D eigenvalue weighted by Gasteiger charge is -2.40. The summed E-state index contributed by atoms with van der Waals surface area (Å²) in [6, 6.07) is 6.93. The molecule has 60 heavy (non-hydrogen) atoms. The molecular weight excluding hydrogens is 947 g/mol. The number of nitrogens with zero attached hydrogens (tertiary/aromatic N) is 2. The fourth-order valence-corrected chi connectivity index (χ4v) is 8.54. The molecule has 0 saturated heterocycles. The second kappa shape index (κ2) is 20.7. The molecule has 0 spiro atoms. The first-order valence-corrected chi connectivity index (χ1v) is 24.9.